The predicted octanol–water partition coefficient (Wildman–Crippen LogP) is 5.30. The zero-order valence-corrected chi connectivity index (χ0v) is 17.5. The third kappa shape index (κ3) is 3.51. The number of hydrogen-bond donors (Lipinski definition) is 0. The fraction of sp³-hybridized carbons (Fsp3) is 0.240. The van der Waals surface area contributed by atoms with Crippen LogP contribution in [-0.4, -0.2) is 30.5 Å². The number of nitrogens with zero attached hydrogens (tertiary/aromatic N) is 2. The molecule has 0 unspecified atom stereocenters. The van der Waals surface area contributed by atoms with Gasteiger partial charge in [0.1, 0.15) is 24.7 Å². The molecule has 0 aromatic heterocycles. The zero-order valence-electron chi connectivity index (χ0n) is 17.5. The lowest BCUT2D eigenvalue weighted by molar-refractivity contribution is -0.0578. The molecule has 33 heavy (non-hydrogen) atoms. The largest absolute Gasteiger partial charge is 0.486 e. The van der Waals surface area contributed by atoms with Crippen molar-refractivity contribution in [2.45, 2.75) is 25.3 Å². The number of halogens is 2. The molecule has 0 fully saturated rings. The minimum absolute atomic E-state index is 0.0682. The van der Waals surface area contributed by atoms with E-state index in [1.165, 1.54) is 6.07 Å². The zero-order chi connectivity index (χ0) is 22.4. The monoisotopic (exact) mass is 450 g/mol. The molecule has 0 saturated heterocycles. The first-order chi connectivity index (χ1) is 16.2. The third-order valence-electron chi connectivity index (χ3n) is 5.98. The van der Waals surface area contributed by atoms with E-state index in [4.69, 9.17) is 24.0 Å². The van der Waals surface area contributed by atoms with E-state index in [1.54, 1.807) is 18.2 Å². The van der Waals surface area contributed by atoms with E-state index in [0.29, 0.717) is 42.4 Å². The molecule has 6 rings (SSSR count). The van der Waals surface area contributed by atoms with Crippen molar-refractivity contribution in [3.8, 4) is 23.0 Å². The summed E-state index contributed by atoms with van der Waals surface area (Å²) >= 11 is 0. The van der Waals surface area contributed by atoms with Crippen molar-refractivity contribution in [1.29, 1.82) is 0 Å². The van der Waals surface area contributed by atoms with Crippen LogP contribution in [0.2, 0.25) is 0 Å². The van der Waals surface area contributed by atoms with E-state index in [-0.39, 0.29) is 11.8 Å². The van der Waals surface area contributed by atoms with Crippen LogP contribution in [0, 0.1) is 0 Å². The molecule has 8 heteroatoms. The molecule has 6 nitrogen and oxygen atoms in total. The van der Waals surface area contributed by atoms with Gasteiger partial charge in [0.05, 0.1) is 17.3 Å². The summed E-state index contributed by atoms with van der Waals surface area (Å²) in [7, 11) is 0. The molecular formula is C25H20F2N2O4. The first-order valence-corrected chi connectivity index (χ1v) is 10.7. The Morgan fingerprint density at radius 1 is 0.879 bits per heavy atom. The second-order valence-corrected chi connectivity index (χ2v) is 7.93. The SMILES string of the molecule is FC(F)Oc1ccccc1[C@H]1Oc2ccccc2[C@H]2CC(c3ccc4c(c3)OCCO4)=NN21. The summed E-state index contributed by atoms with van der Waals surface area (Å²) in [5, 5.41) is 6.73. The van der Waals surface area contributed by atoms with Crippen LogP contribution >= 0.6 is 0 Å². The standard InChI is InChI=1S/C25H20F2N2O4/c26-25(27)33-21-8-4-2-6-17(21)24-29-19(16-5-1-3-7-20(16)32-24)14-18(28-29)15-9-10-22-23(13-15)31-12-11-30-22/h1-10,13,19,24-25H,11-12,14H2/t19-,24-/m1/s1. The fourth-order valence-electron chi connectivity index (χ4n) is 4.52. The van der Waals surface area contributed by atoms with Crippen LogP contribution in [0.25, 0.3) is 0 Å². The Bertz CT molecular complexity index is 1230. The number of alkyl halides is 2. The van der Waals surface area contributed by atoms with Crippen molar-refractivity contribution in [2.75, 3.05) is 13.2 Å². The molecule has 0 spiro atoms. The smallest absolute Gasteiger partial charge is 0.387 e. The Morgan fingerprint density at radius 3 is 2.48 bits per heavy atom. The van der Waals surface area contributed by atoms with Crippen molar-refractivity contribution in [3.05, 3.63) is 83.4 Å². The number of rotatable bonds is 4. The van der Waals surface area contributed by atoms with Crippen molar-refractivity contribution >= 4 is 5.71 Å². The highest BCUT2D eigenvalue weighted by Crippen LogP contribution is 2.49. The summed E-state index contributed by atoms with van der Waals surface area (Å²) in [5.74, 6) is 2.17. The molecule has 0 N–H and O–H groups in total. The molecule has 3 aliphatic heterocycles. The van der Waals surface area contributed by atoms with Crippen LogP contribution in [0.4, 0.5) is 8.78 Å². The van der Waals surface area contributed by atoms with Gasteiger partial charge in [0.25, 0.3) is 0 Å². The Hall–Kier alpha value is -3.81. The number of hydrogen-bond acceptors (Lipinski definition) is 6. The van der Waals surface area contributed by atoms with Gasteiger partial charge in [-0.05, 0) is 36.4 Å². The predicted molar refractivity (Wildman–Crippen MR) is 116 cm³/mol. The molecule has 0 saturated carbocycles. The average Bonchev–Trinajstić information content (AvgIpc) is 3.29. The molecule has 0 amide bonds. The lowest BCUT2D eigenvalue weighted by Gasteiger charge is -2.38. The summed E-state index contributed by atoms with van der Waals surface area (Å²) in [6, 6.07) is 20.1. The van der Waals surface area contributed by atoms with Crippen LogP contribution in [0.1, 0.15) is 35.4 Å². The maximum atomic E-state index is 13.1. The molecule has 0 radical (unpaired) electrons. The maximum absolute atomic E-state index is 13.1. The van der Waals surface area contributed by atoms with E-state index in [9.17, 15) is 8.78 Å². The topological polar surface area (TPSA) is 52.5 Å². The van der Waals surface area contributed by atoms with Crippen LogP contribution < -0.4 is 18.9 Å². The maximum Gasteiger partial charge on any atom is 0.387 e. The number of ether oxygens (including phenoxy) is 4. The van der Waals surface area contributed by atoms with Gasteiger partial charge in [0.15, 0.2) is 11.5 Å². The van der Waals surface area contributed by atoms with E-state index >= 15 is 0 Å². The summed E-state index contributed by atoms with van der Waals surface area (Å²) < 4.78 is 48.6. The summed E-state index contributed by atoms with van der Waals surface area (Å²) in [6.07, 6.45) is -0.0800. The second-order valence-electron chi connectivity index (χ2n) is 7.93. The molecule has 3 aliphatic rings. The third-order valence-corrected chi connectivity index (χ3v) is 5.98. The van der Waals surface area contributed by atoms with Crippen molar-refractivity contribution in [2.24, 2.45) is 5.10 Å². The molecule has 168 valence electrons. The van der Waals surface area contributed by atoms with Crippen LogP contribution in [0.3, 0.4) is 0 Å². The van der Waals surface area contributed by atoms with E-state index < -0.39 is 12.8 Å². The van der Waals surface area contributed by atoms with Crippen LogP contribution in [0.15, 0.2) is 71.8 Å². The summed E-state index contributed by atoms with van der Waals surface area (Å²) in [6.45, 7) is -1.91. The first kappa shape index (κ1) is 19.8. The molecule has 3 aromatic rings. The molecular weight excluding hydrogens is 430 g/mol. The highest BCUT2D eigenvalue weighted by molar-refractivity contribution is 6.02. The van der Waals surface area contributed by atoms with Gasteiger partial charge in [-0.2, -0.15) is 13.9 Å². The number of fused-ring (bicyclic) bond motifs is 4. The molecule has 2 atom stereocenters. The van der Waals surface area contributed by atoms with Gasteiger partial charge >= 0.3 is 6.61 Å². The van der Waals surface area contributed by atoms with E-state index in [0.717, 1.165) is 16.8 Å². The lowest BCUT2D eigenvalue weighted by Crippen LogP contribution is -2.34. The minimum Gasteiger partial charge on any atom is -0.486 e. The number of benzene rings is 3. The Kier molecular flexibility index (Phi) is 4.78. The van der Waals surface area contributed by atoms with Crippen LogP contribution in [0.5, 0.6) is 23.0 Å². The molecule has 3 aromatic carbocycles. The summed E-state index contributed by atoms with van der Waals surface area (Å²) in [5.41, 5.74) is 3.26. The average molecular weight is 450 g/mol. The molecule has 0 aliphatic carbocycles. The fourth-order valence-corrected chi connectivity index (χ4v) is 4.52. The highest BCUT2D eigenvalue weighted by atomic mass is 19.3. The second kappa shape index (κ2) is 7.95. The van der Waals surface area contributed by atoms with E-state index in [2.05, 4.69) is 0 Å². The Balaban J connectivity index is 1.42. The van der Waals surface area contributed by atoms with Crippen LogP contribution in [-0.2, 0) is 0 Å². The minimum atomic E-state index is -2.94. The summed E-state index contributed by atoms with van der Waals surface area (Å²) in [4.78, 5) is 0. The quantitative estimate of drug-likeness (QED) is 0.540. The molecule has 0 bridgehead atoms. The molecule has 3 heterocycles. The van der Waals surface area contributed by atoms with Gasteiger partial charge in [-0.3, -0.25) is 0 Å². The van der Waals surface area contributed by atoms with Crippen molar-refractivity contribution in [1.82, 2.24) is 5.01 Å². The first-order valence-electron chi connectivity index (χ1n) is 10.7. The van der Waals surface area contributed by atoms with Crippen molar-refractivity contribution in [3.63, 3.8) is 0 Å². The van der Waals surface area contributed by atoms with Gasteiger partial charge in [0.2, 0.25) is 6.23 Å². The Morgan fingerprint density at radius 2 is 1.64 bits per heavy atom. The van der Waals surface area contributed by atoms with E-state index in [1.807, 2.05) is 47.5 Å². The van der Waals surface area contributed by atoms with Crippen molar-refractivity contribution < 1.29 is 27.7 Å². The lowest BCUT2D eigenvalue weighted by atomic mass is 9.95. The van der Waals surface area contributed by atoms with Gasteiger partial charge in [-0.15, -0.1) is 0 Å². The highest BCUT2D eigenvalue weighted by Gasteiger charge is 2.42. The van der Waals surface area contributed by atoms with Gasteiger partial charge < -0.3 is 18.9 Å². The Labute approximate surface area is 188 Å². The van der Waals surface area contributed by atoms with Gasteiger partial charge in [0, 0.05) is 17.5 Å². The van der Waals surface area contributed by atoms with Gasteiger partial charge in [-0.1, -0.05) is 30.3 Å². The number of para-hydroxylation sites is 2. The van der Waals surface area contributed by atoms with Gasteiger partial charge in [-0.25, -0.2) is 5.01 Å². The normalized spacial score (nSPS) is 20.6. The number of hydrazone groups is 1.